The lowest BCUT2D eigenvalue weighted by Gasteiger charge is -2.22. The van der Waals surface area contributed by atoms with Gasteiger partial charge in [-0.3, -0.25) is 4.79 Å². The molecule has 0 spiro atoms. The summed E-state index contributed by atoms with van der Waals surface area (Å²) >= 11 is 0. The summed E-state index contributed by atoms with van der Waals surface area (Å²) < 4.78 is 0. The smallest absolute Gasteiger partial charge is 0.222 e. The highest BCUT2D eigenvalue weighted by Crippen LogP contribution is 2.32. The predicted octanol–water partition coefficient (Wildman–Crippen LogP) is 2.19. The molecule has 1 amide bonds. The number of hydrogen-bond donors (Lipinski definition) is 0. The van der Waals surface area contributed by atoms with Crippen molar-refractivity contribution in [3.05, 3.63) is 0 Å². The maximum absolute atomic E-state index is 11.3. The molecule has 1 aliphatic heterocycles. The van der Waals surface area contributed by atoms with Crippen LogP contribution in [-0.2, 0) is 4.79 Å². The van der Waals surface area contributed by atoms with Crippen LogP contribution < -0.4 is 0 Å². The highest BCUT2D eigenvalue weighted by molar-refractivity contribution is 5.78. The van der Waals surface area contributed by atoms with Gasteiger partial charge in [0.25, 0.3) is 0 Å². The summed E-state index contributed by atoms with van der Waals surface area (Å²) in [5.74, 6) is 1.27. The second-order valence-electron chi connectivity index (χ2n) is 4.58. The predicted molar refractivity (Wildman–Crippen MR) is 52.4 cm³/mol. The summed E-state index contributed by atoms with van der Waals surface area (Å²) in [4.78, 5) is 13.3. The molecule has 13 heavy (non-hydrogen) atoms. The van der Waals surface area contributed by atoms with E-state index in [1.165, 1.54) is 32.1 Å². The summed E-state index contributed by atoms with van der Waals surface area (Å²) in [6, 6.07) is 0.565. The lowest BCUT2D eigenvalue weighted by atomic mass is 9.97. The lowest BCUT2D eigenvalue weighted by Crippen LogP contribution is -2.29. The highest BCUT2D eigenvalue weighted by atomic mass is 16.2. The molecule has 2 fully saturated rings. The molecule has 1 saturated carbocycles. The second-order valence-corrected chi connectivity index (χ2v) is 4.58. The zero-order valence-corrected chi connectivity index (χ0v) is 8.46. The van der Waals surface area contributed by atoms with Crippen molar-refractivity contribution in [1.82, 2.24) is 4.90 Å². The van der Waals surface area contributed by atoms with Crippen LogP contribution in [0.1, 0.15) is 44.9 Å². The Balaban J connectivity index is 1.84. The van der Waals surface area contributed by atoms with Gasteiger partial charge in [-0.2, -0.15) is 0 Å². The van der Waals surface area contributed by atoms with Gasteiger partial charge in [0.1, 0.15) is 0 Å². The number of likely N-dealkylation sites (tertiary alicyclic amines) is 1. The Morgan fingerprint density at radius 1 is 1.31 bits per heavy atom. The Kier molecular flexibility index (Phi) is 2.56. The number of carbonyl (C=O) groups excluding carboxylic acids is 1. The van der Waals surface area contributed by atoms with Crippen molar-refractivity contribution in [2.75, 3.05) is 7.05 Å². The van der Waals surface area contributed by atoms with E-state index in [2.05, 4.69) is 0 Å². The van der Waals surface area contributed by atoms with Gasteiger partial charge < -0.3 is 4.90 Å². The van der Waals surface area contributed by atoms with Crippen molar-refractivity contribution in [2.24, 2.45) is 5.92 Å². The maximum atomic E-state index is 11.3. The molecule has 0 aromatic heterocycles. The van der Waals surface area contributed by atoms with E-state index in [1.807, 2.05) is 11.9 Å². The molecule has 2 heteroatoms. The first-order valence-electron chi connectivity index (χ1n) is 5.53. The number of rotatable bonds is 2. The van der Waals surface area contributed by atoms with Crippen molar-refractivity contribution in [1.29, 1.82) is 0 Å². The third-order valence-corrected chi connectivity index (χ3v) is 3.71. The fraction of sp³-hybridized carbons (Fsp3) is 0.909. The highest BCUT2D eigenvalue weighted by Gasteiger charge is 2.30. The molecule has 0 bridgehead atoms. The SMILES string of the molecule is CN1C(=O)CC[C@@H]1CC1CCCC1. The molecule has 1 heterocycles. The first kappa shape index (κ1) is 9.04. The van der Waals surface area contributed by atoms with Gasteiger partial charge in [0.2, 0.25) is 5.91 Å². The van der Waals surface area contributed by atoms with Crippen molar-refractivity contribution in [3.63, 3.8) is 0 Å². The molecule has 2 nitrogen and oxygen atoms in total. The standard InChI is InChI=1S/C11H19NO/c1-12-10(6-7-11(12)13)8-9-4-2-3-5-9/h9-10H,2-8H2,1H3/t10-/m1/s1. The molecule has 1 aliphatic carbocycles. The third-order valence-electron chi connectivity index (χ3n) is 3.71. The molecule has 0 aromatic rings. The first-order valence-corrected chi connectivity index (χ1v) is 5.53. The molecule has 0 N–H and O–H groups in total. The van der Waals surface area contributed by atoms with Gasteiger partial charge in [-0.15, -0.1) is 0 Å². The van der Waals surface area contributed by atoms with Gasteiger partial charge in [-0.1, -0.05) is 25.7 Å². The quantitative estimate of drug-likeness (QED) is 0.639. The molecule has 1 atom stereocenters. The van der Waals surface area contributed by atoms with E-state index >= 15 is 0 Å². The van der Waals surface area contributed by atoms with Crippen molar-refractivity contribution in [2.45, 2.75) is 51.0 Å². The van der Waals surface area contributed by atoms with Crippen LogP contribution in [0.25, 0.3) is 0 Å². The summed E-state index contributed by atoms with van der Waals surface area (Å²) in [6.07, 6.45) is 8.78. The van der Waals surface area contributed by atoms with E-state index in [4.69, 9.17) is 0 Å². The van der Waals surface area contributed by atoms with Crippen LogP contribution in [-0.4, -0.2) is 23.9 Å². The molecule has 2 rings (SSSR count). The summed E-state index contributed by atoms with van der Waals surface area (Å²) in [5, 5.41) is 0. The second kappa shape index (κ2) is 3.69. The van der Waals surface area contributed by atoms with E-state index in [0.717, 1.165) is 18.8 Å². The van der Waals surface area contributed by atoms with Crippen LogP contribution in [0.5, 0.6) is 0 Å². The molecular weight excluding hydrogens is 162 g/mol. The van der Waals surface area contributed by atoms with Crippen LogP contribution >= 0.6 is 0 Å². The van der Waals surface area contributed by atoms with E-state index in [0.29, 0.717) is 11.9 Å². The summed E-state index contributed by atoms with van der Waals surface area (Å²) in [5.41, 5.74) is 0. The van der Waals surface area contributed by atoms with E-state index in [-0.39, 0.29) is 0 Å². The fourth-order valence-electron chi connectivity index (χ4n) is 2.77. The third kappa shape index (κ3) is 1.87. The zero-order chi connectivity index (χ0) is 9.26. The minimum Gasteiger partial charge on any atom is -0.343 e. The van der Waals surface area contributed by atoms with E-state index in [9.17, 15) is 4.79 Å². The summed E-state index contributed by atoms with van der Waals surface area (Å²) in [7, 11) is 1.97. The monoisotopic (exact) mass is 181 g/mol. The molecule has 74 valence electrons. The molecule has 0 unspecified atom stereocenters. The Bertz CT molecular complexity index is 196. The minimum absolute atomic E-state index is 0.350. The van der Waals surface area contributed by atoms with E-state index in [1.54, 1.807) is 0 Å². The summed E-state index contributed by atoms with van der Waals surface area (Å²) in [6.45, 7) is 0. The largest absolute Gasteiger partial charge is 0.343 e. The molecule has 2 aliphatic rings. The van der Waals surface area contributed by atoms with Gasteiger partial charge in [-0.05, 0) is 18.8 Å². The Morgan fingerprint density at radius 2 is 2.00 bits per heavy atom. The first-order chi connectivity index (χ1) is 6.27. The average molecular weight is 181 g/mol. The topological polar surface area (TPSA) is 20.3 Å². The molecular formula is C11H19NO. The van der Waals surface area contributed by atoms with Gasteiger partial charge in [0.05, 0.1) is 0 Å². The molecule has 0 aromatic carbocycles. The number of carbonyl (C=O) groups is 1. The van der Waals surface area contributed by atoms with Crippen LogP contribution in [0.15, 0.2) is 0 Å². The van der Waals surface area contributed by atoms with Gasteiger partial charge in [0, 0.05) is 19.5 Å². The molecule has 0 radical (unpaired) electrons. The average Bonchev–Trinajstić information content (AvgIpc) is 2.71. The number of hydrogen-bond acceptors (Lipinski definition) is 1. The van der Waals surface area contributed by atoms with Gasteiger partial charge in [0.15, 0.2) is 0 Å². The molecule has 1 saturated heterocycles. The van der Waals surface area contributed by atoms with Crippen molar-refractivity contribution < 1.29 is 4.79 Å². The zero-order valence-electron chi connectivity index (χ0n) is 8.46. The normalized spacial score (nSPS) is 30.4. The lowest BCUT2D eigenvalue weighted by molar-refractivity contribution is -0.127. The van der Waals surface area contributed by atoms with Crippen LogP contribution in [0.3, 0.4) is 0 Å². The fourth-order valence-corrected chi connectivity index (χ4v) is 2.77. The van der Waals surface area contributed by atoms with Crippen LogP contribution in [0, 0.1) is 5.92 Å². The Morgan fingerprint density at radius 3 is 2.54 bits per heavy atom. The number of nitrogens with zero attached hydrogens (tertiary/aromatic N) is 1. The number of amides is 1. The Labute approximate surface area is 80.3 Å². The van der Waals surface area contributed by atoms with Crippen LogP contribution in [0.2, 0.25) is 0 Å². The van der Waals surface area contributed by atoms with Crippen LogP contribution in [0.4, 0.5) is 0 Å². The van der Waals surface area contributed by atoms with Crippen molar-refractivity contribution in [3.8, 4) is 0 Å². The van der Waals surface area contributed by atoms with Gasteiger partial charge >= 0.3 is 0 Å². The Hall–Kier alpha value is -0.530. The minimum atomic E-state index is 0.350. The van der Waals surface area contributed by atoms with Crippen molar-refractivity contribution >= 4 is 5.91 Å². The maximum Gasteiger partial charge on any atom is 0.222 e. The van der Waals surface area contributed by atoms with Gasteiger partial charge in [-0.25, -0.2) is 0 Å². The van der Waals surface area contributed by atoms with E-state index < -0.39 is 0 Å².